The summed E-state index contributed by atoms with van der Waals surface area (Å²) >= 11 is 0. The first-order chi connectivity index (χ1) is 12.3. The molecule has 128 valence electrons. The van der Waals surface area contributed by atoms with Crippen LogP contribution in [0.15, 0.2) is 47.1 Å². The van der Waals surface area contributed by atoms with Gasteiger partial charge in [0.25, 0.3) is 0 Å². The van der Waals surface area contributed by atoms with E-state index in [2.05, 4.69) is 19.9 Å². The van der Waals surface area contributed by atoms with Crippen LogP contribution in [-0.4, -0.2) is 33.5 Å². The average Bonchev–Trinajstić information content (AvgIpc) is 3.11. The van der Waals surface area contributed by atoms with E-state index >= 15 is 0 Å². The summed E-state index contributed by atoms with van der Waals surface area (Å²) in [6.45, 7) is 2.96. The summed E-state index contributed by atoms with van der Waals surface area (Å²) in [6, 6.07) is 9.96. The van der Waals surface area contributed by atoms with Crippen LogP contribution in [0.2, 0.25) is 0 Å². The number of nitrogens with zero attached hydrogens (tertiary/aromatic N) is 4. The molecule has 25 heavy (non-hydrogen) atoms. The molecule has 3 heterocycles. The number of hydrogen-bond donors (Lipinski definition) is 0. The zero-order valence-electron chi connectivity index (χ0n) is 14.2. The number of fused-ring (bicyclic) bond motifs is 1. The van der Waals surface area contributed by atoms with Crippen molar-refractivity contribution < 1.29 is 9.15 Å². The third kappa shape index (κ3) is 3.60. The van der Waals surface area contributed by atoms with Crippen LogP contribution in [0.5, 0.6) is 0 Å². The van der Waals surface area contributed by atoms with Gasteiger partial charge in [0.1, 0.15) is 12.4 Å². The predicted molar refractivity (Wildman–Crippen MR) is 92.5 cm³/mol. The van der Waals surface area contributed by atoms with Gasteiger partial charge < -0.3 is 9.15 Å². The number of oxazole rings is 1. The van der Waals surface area contributed by atoms with Crippen LogP contribution in [0.3, 0.4) is 0 Å². The van der Waals surface area contributed by atoms with Crippen molar-refractivity contribution in [1.82, 2.24) is 19.9 Å². The Kier molecular flexibility index (Phi) is 4.54. The molecule has 0 radical (unpaired) electrons. The summed E-state index contributed by atoms with van der Waals surface area (Å²) in [5.41, 5.74) is 3.30. The fourth-order valence-electron chi connectivity index (χ4n) is 3.06. The summed E-state index contributed by atoms with van der Waals surface area (Å²) in [7, 11) is 1.66. The monoisotopic (exact) mass is 336 g/mol. The number of methoxy groups -OCH3 is 1. The van der Waals surface area contributed by atoms with E-state index in [9.17, 15) is 0 Å². The second-order valence-corrected chi connectivity index (χ2v) is 6.15. The molecule has 2 aromatic heterocycles. The summed E-state index contributed by atoms with van der Waals surface area (Å²) in [5.74, 6) is 2.29. The van der Waals surface area contributed by atoms with E-state index < -0.39 is 0 Å². The van der Waals surface area contributed by atoms with Crippen LogP contribution in [0.4, 0.5) is 0 Å². The van der Waals surface area contributed by atoms with Crippen molar-refractivity contribution in [3.63, 3.8) is 0 Å². The molecule has 0 bridgehead atoms. The molecule has 0 unspecified atom stereocenters. The van der Waals surface area contributed by atoms with Crippen LogP contribution in [0.25, 0.3) is 11.5 Å². The van der Waals surface area contributed by atoms with Crippen molar-refractivity contribution >= 4 is 0 Å². The number of aromatic nitrogens is 3. The molecule has 0 spiro atoms. The SMILES string of the molecule is COCc1ncc2c(n1)CCN(Cc1cnc(-c3ccccc3)o1)C2. The second-order valence-electron chi connectivity index (χ2n) is 6.15. The fourth-order valence-corrected chi connectivity index (χ4v) is 3.06. The molecular formula is C19H20N4O2. The topological polar surface area (TPSA) is 64.3 Å². The molecule has 1 aliphatic rings. The van der Waals surface area contributed by atoms with Crippen molar-refractivity contribution in [2.45, 2.75) is 26.1 Å². The first kappa shape index (κ1) is 15.9. The van der Waals surface area contributed by atoms with Gasteiger partial charge in [0, 0.05) is 49.6 Å². The largest absolute Gasteiger partial charge is 0.440 e. The van der Waals surface area contributed by atoms with Gasteiger partial charge in [-0.1, -0.05) is 18.2 Å². The Bertz CT molecular complexity index is 848. The van der Waals surface area contributed by atoms with E-state index in [-0.39, 0.29) is 0 Å². The summed E-state index contributed by atoms with van der Waals surface area (Å²) in [6.07, 6.45) is 4.64. The maximum Gasteiger partial charge on any atom is 0.226 e. The molecule has 0 atom stereocenters. The third-order valence-electron chi connectivity index (χ3n) is 4.29. The van der Waals surface area contributed by atoms with Gasteiger partial charge in [-0.05, 0) is 12.1 Å². The summed E-state index contributed by atoms with van der Waals surface area (Å²) < 4.78 is 11.0. The molecule has 0 N–H and O–H groups in total. The Morgan fingerprint density at radius 2 is 2.04 bits per heavy atom. The van der Waals surface area contributed by atoms with Gasteiger partial charge >= 0.3 is 0 Å². The highest BCUT2D eigenvalue weighted by Gasteiger charge is 2.20. The maximum absolute atomic E-state index is 5.91. The Morgan fingerprint density at radius 3 is 2.88 bits per heavy atom. The Hall–Kier alpha value is -2.57. The Labute approximate surface area is 146 Å². The molecule has 0 saturated heterocycles. The van der Waals surface area contributed by atoms with E-state index in [0.29, 0.717) is 12.5 Å². The fraction of sp³-hybridized carbons (Fsp3) is 0.316. The molecule has 0 saturated carbocycles. The van der Waals surface area contributed by atoms with E-state index in [0.717, 1.165) is 48.9 Å². The number of benzene rings is 1. The highest BCUT2D eigenvalue weighted by atomic mass is 16.5. The molecule has 3 aromatic rings. The van der Waals surface area contributed by atoms with Crippen LogP contribution in [-0.2, 0) is 30.9 Å². The van der Waals surface area contributed by atoms with Gasteiger partial charge in [0.15, 0.2) is 5.82 Å². The molecule has 6 nitrogen and oxygen atoms in total. The molecule has 0 fully saturated rings. The second kappa shape index (κ2) is 7.13. The van der Waals surface area contributed by atoms with Crippen molar-refractivity contribution in [2.75, 3.05) is 13.7 Å². The average molecular weight is 336 g/mol. The summed E-state index contributed by atoms with van der Waals surface area (Å²) in [5, 5.41) is 0. The van der Waals surface area contributed by atoms with Crippen molar-refractivity contribution in [3.05, 3.63) is 65.6 Å². The quantitative estimate of drug-likeness (QED) is 0.714. The number of ether oxygens (including phenoxy) is 1. The smallest absolute Gasteiger partial charge is 0.226 e. The van der Waals surface area contributed by atoms with Crippen molar-refractivity contribution in [1.29, 1.82) is 0 Å². The molecule has 0 amide bonds. The number of hydrogen-bond acceptors (Lipinski definition) is 6. The van der Waals surface area contributed by atoms with Gasteiger partial charge in [-0.2, -0.15) is 0 Å². The lowest BCUT2D eigenvalue weighted by atomic mass is 10.1. The highest BCUT2D eigenvalue weighted by molar-refractivity contribution is 5.52. The standard InChI is InChI=1S/C19H20N4O2/c1-24-13-18-20-9-15-11-23(8-7-17(15)22-18)12-16-10-21-19(25-16)14-5-3-2-4-6-14/h2-6,9-10H,7-8,11-13H2,1H3. The minimum absolute atomic E-state index is 0.456. The molecule has 1 aliphatic heterocycles. The van der Waals surface area contributed by atoms with Gasteiger partial charge in [-0.15, -0.1) is 0 Å². The van der Waals surface area contributed by atoms with E-state index in [1.165, 1.54) is 5.56 Å². The van der Waals surface area contributed by atoms with Crippen LogP contribution < -0.4 is 0 Å². The van der Waals surface area contributed by atoms with E-state index in [4.69, 9.17) is 9.15 Å². The zero-order chi connectivity index (χ0) is 17.1. The van der Waals surface area contributed by atoms with Gasteiger partial charge in [-0.25, -0.2) is 15.0 Å². The normalized spacial score (nSPS) is 14.4. The number of rotatable bonds is 5. The van der Waals surface area contributed by atoms with Crippen LogP contribution in [0, 0.1) is 0 Å². The third-order valence-corrected chi connectivity index (χ3v) is 4.29. The zero-order valence-corrected chi connectivity index (χ0v) is 14.2. The Balaban J connectivity index is 1.44. The highest BCUT2D eigenvalue weighted by Crippen LogP contribution is 2.22. The van der Waals surface area contributed by atoms with Crippen molar-refractivity contribution in [3.8, 4) is 11.5 Å². The van der Waals surface area contributed by atoms with Crippen LogP contribution >= 0.6 is 0 Å². The van der Waals surface area contributed by atoms with E-state index in [1.807, 2.05) is 42.7 Å². The molecular weight excluding hydrogens is 316 g/mol. The minimum Gasteiger partial charge on any atom is -0.440 e. The van der Waals surface area contributed by atoms with Gasteiger partial charge in [0.2, 0.25) is 5.89 Å². The first-order valence-corrected chi connectivity index (χ1v) is 8.37. The van der Waals surface area contributed by atoms with E-state index in [1.54, 1.807) is 7.11 Å². The minimum atomic E-state index is 0.456. The lowest BCUT2D eigenvalue weighted by Crippen LogP contribution is -2.31. The molecule has 4 rings (SSSR count). The first-order valence-electron chi connectivity index (χ1n) is 8.37. The Morgan fingerprint density at radius 1 is 1.16 bits per heavy atom. The van der Waals surface area contributed by atoms with Gasteiger partial charge in [0.05, 0.1) is 12.7 Å². The van der Waals surface area contributed by atoms with Gasteiger partial charge in [-0.3, -0.25) is 4.90 Å². The molecule has 1 aromatic carbocycles. The molecule has 0 aliphatic carbocycles. The van der Waals surface area contributed by atoms with Crippen LogP contribution in [0.1, 0.15) is 22.8 Å². The lowest BCUT2D eigenvalue weighted by molar-refractivity contribution is 0.176. The predicted octanol–water partition coefficient (Wildman–Crippen LogP) is 2.84. The molecule has 6 heteroatoms. The van der Waals surface area contributed by atoms with Crippen molar-refractivity contribution in [2.24, 2.45) is 0 Å². The maximum atomic E-state index is 5.91. The summed E-state index contributed by atoms with van der Waals surface area (Å²) in [4.78, 5) is 15.7. The lowest BCUT2D eigenvalue weighted by Gasteiger charge is -2.27.